The molecule has 0 unspecified atom stereocenters. The second-order valence-corrected chi connectivity index (χ2v) is 9.20. The van der Waals surface area contributed by atoms with E-state index in [0.29, 0.717) is 40.9 Å². The lowest BCUT2D eigenvalue weighted by Crippen LogP contribution is -2.28. The minimum absolute atomic E-state index is 0. The molecule has 1 N–H and O–H groups in total. The Morgan fingerprint density at radius 2 is 1.66 bits per heavy atom. The van der Waals surface area contributed by atoms with Crippen LogP contribution in [0, 0.1) is 5.82 Å². The van der Waals surface area contributed by atoms with Gasteiger partial charge < -0.3 is 5.11 Å². The minimum Gasteiger partial charge on any atom is -0.478 e. The first-order chi connectivity index (χ1) is 18.0. The molecular formula is C30H24ClFN4O2. The third kappa shape index (κ3) is 4.58. The van der Waals surface area contributed by atoms with Crippen molar-refractivity contribution in [3.63, 3.8) is 0 Å². The molecule has 0 spiro atoms. The molecule has 3 heterocycles. The highest BCUT2D eigenvalue weighted by Crippen LogP contribution is 2.35. The summed E-state index contributed by atoms with van der Waals surface area (Å²) in [5, 5.41) is 15.6. The second kappa shape index (κ2) is 10.2. The van der Waals surface area contributed by atoms with E-state index in [1.54, 1.807) is 22.9 Å². The van der Waals surface area contributed by atoms with Crippen molar-refractivity contribution in [1.82, 2.24) is 19.7 Å². The molecule has 2 aromatic heterocycles. The van der Waals surface area contributed by atoms with Crippen molar-refractivity contribution in [2.75, 3.05) is 13.6 Å². The quantitative estimate of drug-likeness (QED) is 0.296. The number of carboxylic acids is 1. The number of hydrogen-bond acceptors (Lipinski definition) is 4. The van der Waals surface area contributed by atoms with Crippen LogP contribution >= 0.6 is 12.4 Å². The van der Waals surface area contributed by atoms with E-state index in [9.17, 15) is 14.3 Å². The van der Waals surface area contributed by atoms with Crippen LogP contribution in [-0.4, -0.2) is 44.3 Å². The molecule has 190 valence electrons. The molecule has 1 aliphatic heterocycles. The molecule has 0 bridgehead atoms. The Morgan fingerprint density at radius 3 is 2.39 bits per heavy atom. The third-order valence-corrected chi connectivity index (χ3v) is 6.59. The highest BCUT2D eigenvalue weighted by Gasteiger charge is 2.27. The van der Waals surface area contributed by atoms with E-state index in [1.807, 2.05) is 67.9 Å². The van der Waals surface area contributed by atoms with Gasteiger partial charge in [-0.3, -0.25) is 4.90 Å². The zero-order chi connectivity index (χ0) is 25.5. The van der Waals surface area contributed by atoms with Gasteiger partial charge in [-0.2, -0.15) is 5.10 Å². The van der Waals surface area contributed by atoms with E-state index >= 15 is 0 Å². The number of halogens is 2. The fraction of sp³-hybridized carbons (Fsp3) is 0.100. The first kappa shape index (κ1) is 25.3. The van der Waals surface area contributed by atoms with Gasteiger partial charge in [-0.25, -0.2) is 18.9 Å². The van der Waals surface area contributed by atoms with Gasteiger partial charge in [0.25, 0.3) is 0 Å². The average Bonchev–Trinajstić information content (AvgIpc) is 3.32. The molecule has 0 saturated carbocycles. The number of aromatic nitrogens is 3. The van der Waals surface area contributed by atoms with Crippen LogP contribution in [0.2, 0.25) is 0 Å². The van der Waals surface area contributed by atoms with Gasteiger partial charge in [0.1, 0.15) is 5.82 Å². The smallest absolute Gasteiger partial charge is 0.336 e. The zero-order valence-corrected chi connectivity index (χ0v) is 21.3. The van der Waals surface area contributed by atoms with E-state index in [0.717, 1.165) is 22.4 Å². The Hall–Kier alpha value is -4.33. The van der Waals surface area contributed by atoms with Gasteiger partial charge in [-0.1, -0.05) is 36.4 Å². The van der Waals surface area contributed by atoms with Crippen LogP contribution in [0.5, 0.6) is 0 Å². The van der Waals surface area contributed by atoms with Gasteiger partial charge in [0.15, 0.2) is 0 Å². The van der Waals surface area contributed by atoms with Crippen molar-refractivity contribution in [2.24, 2.45) is 0 Å². The SMILES string of the molecule is CN1C/C(=C/c2cn(-c3ccccc3)nc2-c2ccc(F)cc2)c2nc3ccccc3c(C(=O)O)c2C1.Cl. The maximum Gasteiger partial charge on any atom is 0.336 e. The van der Waals surface area contributed by atoms with Gasteiger partial charge in [0.05, 0.1) is 28.2 Å². The number of carboxylic acid groups (broad SMARTS) is 1. The number of carbonyl (C=O) groups is 1. The molecule has 6 nitrogen and oxygen atoms in total. The normalized spacial score (nSPS) is 14.3. The van der Waals surface area contributed by atoms with Gasteiger partial charge in [0.2, 0.25) is 0 Å². The summed E-state index contributed by atoms with van der Waals surface area (Å²) in [6.07, 6.45) is 3.96. The van der Waals surface area contributed by atoms with Crippen molar-refractivity contribution in [2.45, 2.75) is 6.54 Å². The van der Waals surface area contributed by atoms with Gasteiger partial charge in [0, 0.05) is 41.4 Å². The lowest BCUT2D eigenvalue weighted by Gasteiger charge is -2.28. The van der Waals surface area contributed by atoms with Crippen molar-refractivity contribution >= 4 is 40.9 Å². The lowest BCUT2D eigenvalue weighted by atomic mass is 9.92. The maximum absolute atomic E-state index is 13.7. The summed E-state index contributed by atoms with van der Waals surface area (Å²) >= 11 is 0. The van der Waals surface area contributed by atoms with E-state index in [1.165, 1.54) is 12.1 Å². The standard InChI is InChI=1S/C30H23FN4O2.ClH/c1-34-16-20(29-25(18-34)27(30(36)37)24-9-5-6-10-26(24)32-29)15-21-17-35(23-7-3-2-4-8-23)33-28(21)19-11-13-22(31)14-12-19;/h2-15,17H,16,18H2,1H3,(H,36,37);1H/b20-15-;. The summed E-state index contributed by atoms with van der Waals surface area (Å²) in [4.78, 5) is 19.4. The zero-order valence-electron chi connectivity index (χ0n) is 20.5. The third-order valence-electron chi connectivity index (χ3n) is 6.59. The van der Waals surface area contributed by atoms with Crippen molar-refractivity contribution in [1.29, 1.82) is 0 Å². The maximum atomic E-state index is 13.7. The molecule has 0 amide bonds. The molecule has 0 fully saturated rings. The van der Waals surface area contributed by atoms with E-state index in [4.69, 9.17) is 10.1 Å². The Kier molecular flexibility index (Phi) is 6.80. The molecular weight excluding hydrogens is 503 g/mol. The number of benzene rings is 3. The fourth-order valence-electron chi connectivity index (χ4n) is 4.95. The summed E-state index contributed by atoms with van der Waals surface area (Å²) in [6.45, 7) is 1.08. The van der Waals surface area contributed by atoms with Crippen molar-refractivity contribution < 1.29 is 14.3 Å². The predicted molar refractivity (Wildman–Crippen MR) is 149 cm³/mol. The fourth-order valence-corrected chi connectivity index (χ4v) is 4.95. The van der Waals surface area contributed by atoms with Crippen LogP contribution in [-0.2, 0) is 6.54 Å². The summed E-state index contributed by atoms with van der Waals surface area (Å²) in [6, 6.07) is 23.4. The lowest BCUT2D eigenvalue weighted by molar-refractivity contribution is 0.0696. The van der Waals surface area contributed by atoms with Crippen LogP contribution in [0.3, 0.4) is 0 Å². The number of likely N-dealkylation sites (N-methyl/N-ethyl adjacent to an activating group) is 1. The van der Waals surface area contributed by atoms with Crippen LogP contribution in [0.1, 0.15) is 27.2 Å². The summed E-state index contributed by atoms with van der Waals surface area (Å²) < 4.78 is 15.5. The Labute approximate surface area is 225 Å². The largest absolute Gasteiger partial charge is 0.478 e. The Morgan fingerprint density at radius 1 is 0.947 bits per heavy atom. The summed E-state index contributed by atoms with van der Waals surface area (Å²) in [5.74, 6) is -1.28. The highest BCUT2D eigenvalue weighted by molar-refractivity contribution is 6.06. The van der Waals surface area contributed by atoms with Gasteiger partial charge in [-0.15, -0.1) is 12.4 Å². The van der Waals surface area contributed by atoms with Crippen molar-refractivity contribution in [3.8, 4) is 16.9 Å². The number of rotatable bonds is 4. The van der Waals surface area contributed by atoms with Crippen LogP contribution in [0.4, 0.5) is 4.39 Å². The number of fused-ring (bicyclic) bond motifs is 2. The Balaban J connectivity index is 0.00000294. The number of nitrogens with zero attached hydrogens (tertiary/aromatic N) is 4. The van der Waals surface area contributed by atoms with Crippen LogP contribution in [0.25, 0.3) is 39.5 Å². The first-order valence-corrected chi connectivity index (χ1v) is 11.9. The average molecular weight is 527 g/mol. The second-order valence-electron chi connectivity index (χ2n) is 9.20. The monoisotopic (exact) mass is 526 g/mol. The van der Waals surface area contributed by atoms with Crippen LogP contribution in [0.15, 0.2) is 85.1 Å². The molecule has 0 radical (unpaired) electrons. The van der Waals surface area contributed by atoms with Crippen molar-refractivity contribution in [3.05, 3.63) is 113 Å². The number of para-hydroxylation sites is 2. The summed E-state index contributed by atoms with van der Waals surface area (Å²) in [5.41, 5.74) is 6.43. The highest BCUT2D eigenvalue weighted by atomic mass is 35.5. The molecule has 0 atom stereocenters. The molecule has 1 aliphatic rings. The Bertz CT molecular complexity index is 1680. The van der Waals surface area contributed by atoms with E-state index < -0.39 is 5.97 Å². The number of hydrogen-bond donors (Lipinski definition) is 1. The molecule has 5 aromatic rings. The summed E-state index contributed by atoms with van der Waals surface area (Å²) in [7, 11) is 1.96. The van der Waals surface area contributed by atoms with E-state index in [2.05, 4.69) is 4.90 Å². The minimum atomic E-state index is -0.964. The molecule has 38 heavy (non-hydrogen) atoms. The molecule has 3 aromatic carbocycles. The number of pyridine rings is 1. The van der Waals surface area contributed by atoms with E-state index in [-0.39, 0.29) is 23.8 Å². The predicted octanol–water partition coefficient (Wildman–Crippen LogP) is 6.33. The van der Waals surface area contributed by atoms with Gasteiger partial charge >= 0.3 is 5.97 Å². The molecule has 0 saturated heterocycles. The first-order valence-electron chi connectivity index (χ1n) is 11.9. The topological polar surface area (TPSA) is 71.2 Å². The number of aromatic carboxylic acids is 1. The molecule has 0 aliphatic carbocycles. The molecule has 8 heteroatoms. The van der Waals surface area contributed by atoms with Crippen LogP contribution < -0.4 is 0 Å². The van der Waals surface area contributed by atoms with Gasteiger partial charge in [-0.05, 0) is 61.2 Å². The molecule has 6 rings (SSSR count).